The molecule has 0 atom stereocenters. The minimum Gasteiger partial charge on any atom is -0.212 e. The van der Waals surface area contributed by atoms with Gasteiger partial charge in [-0.1, -0.05) is 0 Å². The predicted molar refractivity (Wildman–Crippen MR) is 39.8 cm³/mol. The molecule has 0 aliphatic carbocycles. The highest BCUT2D eigenvalue weighted by Gasteiger charge is 2.07. The lowest BCUT2D eigenvalue weighted by Gasteiger charge is -1.95. The Kier molecular flexibility index (Phi) is 4.21. The van der Waals surface area contributed by atoms with Crippen LogP contribution in [0.1, 0.15) is 6.42 Å². The molecule has 0 amide bonds. The Hall–Kier alpha value is 0.820. The van der Waals surface area contributed by atoms with Gasteiger partial charge >= 0.3 is 0 Å². The van der Waals surface area contributed by atoms with Gasteiger partial charge in [0, 0.05) is 10.7 Å². The van der Waals surface area contributed by atoms with Crippen LogP contribution in [0.15, 0.2) is 0 Å². The van der Waals surface area contributed by atoms with Gasteiger partial charge in [-0.05, 0) is 6.42 Å². The normalized spacial score (nSPS) is 12.4. The van der Waals surface area contributed by atoms with Crippen LogP contribution >= 0.6 is 33.9 Å². The van der Waals surface area contributed by atoms with Gasteiger partial charge < -0.3 is 0 Å². The summed E-state index contributed by atoms with van der Waals surface area (Å²) in [5.74, 6) is -0.174. The third-order valence-electron chi connectivity index (χ3n) is 0.580. The van der Waals surface area contributed by atoms with Gasteiger partial charge in [-0.15, -0.1) is 23.2 Å². The molecule has 0 N–H and O–H groups in total. The molecule has 56 valence electrons. The van der Waals surface area contributed by atoms with Crippen LogP contribution in [-0.2, 0) is 9.05 Å². The molecule has 0 aromatic carbocycles. The molecule has 0 aromatic rings. The molecule has 0 heterocycles. The predicted octanol–water partition coefficient (Wildman–Crippen LogP) is 1.75. The molecule has 0 unspecified atom stereocenters. The van der Waals surface area contributed by atoms with E-state index in [-0.39, 0.29) is 12.2 Å². The number of alkyl halides is 2. The number of halogens is 3. The molecule has 0 spiro atoms. The third-order valence-corrected chi connectivity index (χ3v) is 2.20. The summed E-state index contributed by atoms with van der Waals surface area (Å²) in [7, 11) is 1.42. The van der Waals surface area contributed by atoms with E-state index in [1.807, 2.05) is 0 Å². The summed E-state index contributed by atoms with van der Waals surface area (Å²) in [5.41, 5.74) is 0. The Morgan fingerprint density at radius 1 is 1.33 bits per heavy atom. The maximum atomic E-state index is 10.2. The van der Waals surface area contributed by atoms with Gasteiger partial charge in [-0.2, -0.15) is 0 Å². The fraction of sp³-hybridized carbons (Fsp3) is 1.00. The first kappa shape index (κ1) is 9.82. The highest BCUT2D eigenvalue weighted by molar-refractivity contribution is 8.13. The highest BCUT2D eigenvalue weighted by Crippen LogP contribution is 2.10. The van der Waals surface area contributed by atoms with Gasteiger partial charge in [0.2, 0.25) is 9.05 Å². The zero-order chi connectivity index (χ0) is 7.49. The van der Waals surface area contributed by atoms with E-state index in [1.54, 1.807) is 0 Å². The van der Waals surface area contributed by atoms with Crippen LogP contribution in [0.4, 0.5) is 0 Å². The Morgan fingerprint density at radius 3 is 1.89 bits per heavy atom. The lowest BCUT2D eigenvalue weighted by atomic mass is 10.6. The first-order valence-electron chi connectivity index (χ1n) is 2.12. The van der Waals surface area contributed by atoms with Crippen molar-refractivity contribution in [2.24, 2.45) is 0 Å². The van der Waals surface area contributed by atoms with Gasteiger partial charge in [-0.25, -0.2) is 8.42 Å². The molecule has 0 fully saturated rings. The van der Waals surface area contributed by atoms with E-state index >= 15 is 0 Å². The summed E-state index contributed by atoms with van der Waals surface area (Å²) in [5, 5.41) is 0. The topological polar surface area (TPSA) is 34.1 Å². The molecule has 9 heavy (non-hydrogen) atoms. The lowest BCUT2D eigenvalue weighted by molar-refractivity contribution is 0.608. The van der Waals surface area contributed by atoms with Crippen molar-refractivity contribution in [1.29, 1.82) is 0 Å². The Bertz CT molecular complexity index is 162. The van der Waals surface area contributed by atoms with Crippen molar-refractivity contribution in [2.45, 2.75) is 11.3 Å². The smallest absolute Gasteiger partial charge is 0.212 e. The Balaban J connectivity index is 3.53. The first-order chi connectivity index (χ1) is 3.92. The average Bonchev–Trinajstić information content (AvgIpc) is 1.59. The summed E-state index contributed by atoms with van der Waals surface area (Å²) in [4.78, 5) is -0.654. The minimum absolute atomic E-state index is 0.174. The maximum Gasteiger partial charge on any atom is 0.232 e. The monoisotopic (exact) mass is 210 g/mol. The molecule has 2 nitrogen and oxygen atoms in total. The van der Waals surface area contributed by atoms with E-state index in [2.05, 4.69) is 0 Å². The van der Waals surface area contributed by atoms with Crippen LogP contribution in [0.5, 0.6) is 0 Å². The molecule has 0 saturated heterocycles. The van der Waals surface area contributed by atoms with Crippen molar-refractivity contribution in [3.8, 4) is 0 Å². The second kappa shape index (κ2) is 3.86. The second-order valence-electron chi connectivity index (χ2n) is 1.42. The van der Waals surface area contributed by atoms with E-state index in [0.29, 0.717) is 0 Å². The van der Waals surface area contributed by atoms with Crippen LogP contribution in [0.2, 0.25) is 0 Å². The highest BCUT2D eigenvalue weighted by atomic mass is 35.7. The van der Waals surface area contributed by atoms with Crippen molar-refractivity contribution in [3.05, 3.63) is 0 Å². The first-order valence-corrected chi connectivity index (χ1v) is 5.47. The third kappa shape index (κ3) is 8.82. The SMILES string of the molecule is O=S(=O)(Cl)CCC(Cl)Cl. The summed E-state index contributed by atoms with van der Waals surface area (Å²) in [6, 6.07) is 0. The van der Waals surface area contributed by atoms with E-state index in [0.717, 1.165) is 0 Å². The molecular weight excluding hydrogens is 206 g/mol. The van der Waals surface area contributed by atoms with Crippen LogP contribution < -0.4 is 0 Å². The lowest BCUT2D eigenvalue weighted by Crippen LogP contribution is -2.00. The fourth-order valence-corrected chi connectivity index (χ4v) is 1.49. The largest absolute Gasteiger partial charge is 0.232 e. The molecule has 0 bridgehead atoms. The van der Waals surface area contributed by atoms with E-state index in [9.17, 15) is 8.42 Å². The molecule has 0 rings (SSSR count). The molecule has 0 radical (unpaired) electrons. The van der Waals surface area contributed by atoms with Gasteiger partial charge in [0.1, 0.15) is 4.84 Å². The average molecular weight is 211 g/mol. The Labute approximate surface area is 68.5 Å². The molecule has 0 aliphatic heterocycles. The summed E-state index contributed by atoms with van der Waals surface area (Å²) in [6.07, 6.45) is 0.176. The van der Waals surface area contributed by atoms with Crippen molar-refractivity contribution in [3.63, 3.8) is 0 Å². The van der Waals surface area contributed by atoms with Crippen molar-refractivity contribution >= 4 is 42.9 Å². The van der Waals surface area contributed by atoms with Crippen LogP contribution in [0.25, 0.3) is 0 Å². The molecule has 0 aliphatic rings. The van der Waals surface area contributed by atoms with Gasteiger partial charge in [0.25, 0.3) is 0 Å². The van der Waals surface area contributed by atoms with Gasteiger partial charge in [0.05, 0.1) is 5.75 Å². The second-order valence-corrected chi connectivity index (χ2v) is 5.60. The molecule has 0 aromatic heterocycles. The number of rotatable bonds is 3. The zero-order valence-corrected chi connectivity index (χ0v) is 7.43. The minimum atomic E-state index is -3.42. The fourth-order valence-electron chi connectivity index (χ4n) is 0.230. The van der Waals surface area contributed by atoms with E-state index in [1.165, 1.54) is 0 Å². The standard InChI is InChI=1S/C3H5Cl3O2S/c4-3(5)1-2-9(6,7)8/h3H,1-2H2. The zero-order valence-electron chi connectivity index (χ0n) is 4.35. The van der Waals surface area contributed by atoms with Crippen molar-refractivity contribution < 1.29 is 8.42 Å². The van der Waals surface area contributed by atoms with Crippen molar-refractivity contribution in [2.75, 3.05) is 5.75 Å². The summed E-state index contributed by atoms with van der Waals surface area (Å²) >= 11 is 10.5. The maximum absolute atomic E-state index is 10.2. The van der Waals surface area contributed by atoms with Gasteiger partial charge in [-0.3, -0.25) is 0 Å². The van der Waals surface area contributed by atoms with Crippen LogP contribution in [0, 0.1) is 0 Å². The summed E-state index contributed by atoms with van der Waals surface area (Å²) in [6.45, 7) is 0. The molecule has 6 heteroatoms. The number of hydrogen-bond donors (Lipinski definition) is 0. The van der Waals surface area contributed by atoms with E-state index < -0.39 is 13.9 Å². The molecular formula is C3H5Cl3O2S. The Morgan fingerprint density at radius 2 is 1.78 bits per heavy atom. The van der Waals surface area contributed by atoms with Crippen LogP contribution in [-0.4, -0.2) is 19.0 Å². The van der Waals surface area contributed by atoms with E-state index in [4.69, 9.17) is 33.9 Å². The van der Waals surface area contributed by atoms with Crippen molar-refractivity contribution in [1.82, 2.24) is 0 Å². The molecule has 0 saturated carbocycles. The van der Waals surface area contributed by atoms with Gasteiger partial charge in [0.15, 0.2) is 0 Å². The number of hydrogen-bond acceptors (Lipinski definition) is 2. The summed E-state index contributed by atoms with van der Waals surface area (Å²) < 4.78 is 20.4. The van der Waals surface area contributed by atoms with Crippen LogP contribution in [0.3, 0.4) is 0 Å². The quantitative estimate of drug-likeness (QED) is 0.526.